The first-order chi connectivity index (χ1) is 2.64. The first-order valence-corrected chi connectivity index (χ1v) is 1.11. The molecule has 0 rings (SSSR count). The summed E-state index contributed by atoms with van der Waals surface area (Å²) in [6, 6.07) is 0. The quantitative estimate of drug-likeness (QED) is 0.397. The van der Waals surface area contributed by atoms with Crippen LogP contribution in [0.2, 0.25) is 0 Å². The normalized spacial score (nSPS) is 3.38. The van der Waals surface area contributed by atoms with E-state index in [1.807, 2.05) is 0 Å². The van der Waals surface area contributed by atoms with Gasteiger partial charge in [-0.2, -0.15) is 0 Å². The molecule has 0 aromatic rings. The van der Waals surface area contributed by atoms with Gasteiger partial charge >= 0.3 is 11.9 Å². The fourth-order valence-corrected chi connectivity index (χ4v) is 0. The van der Waals surface area contributed by atoms with Crippen LogP contribution in [0, 0.1) is 0 Å². The minimum Gasteiger partial charge on any atom is -0.473 e. The van der Waals surface area contributed by atoms with Crippen LogP contribution >= 0.6 is 0 Å². The van der Waals surface area contributed by atoms with Crippen LogP contribution in [0.4, 0.5) is 0 Å². The van der Waals surface area contributed by atoms with Crippen LogP contribution in [-0.2, 0) is 27.0 Å². The summed E-state index contributed by atoms with van der Waals surface area (Å²) >= 11 is 0. The van der Waals surface area contributed by atoms with Gasteiger partial charge in [-0.15, -0.1) is 0 Å². The number of hydrogen-bond donors (Lipinski definition) is 2. The van der Waals surface area contributed by atoms with Crippen molar-refractivity contribution in [3.8, 4) is 0 Å². The SMILES string of the molecule is O.O.O.O.O.O.O=C(O)C(=O)O.[Cr]. The summed E-state index contributed by atoms with van der Waals surface area (Å²) in [7, 11) is 0. The molecule has 0 amide bonds. The van der Waals surface area contributed by atoms with Crippen molar-refractivity contribution in [2.75, 3.05) is 0 Å². The molecule has 0 bridgehead atoms. The molecule has 0 aromatic heterocycles. The Balaban J connectivity index is -0.00000000595. The molecule has 88 valence electrons. The van der Waals surface area contributed by atoms with Gasteiger partial charge in [0.05, 0.1) is 0 Å². The largest absolute Gasteiger partial charge is 0.473 e. The standard InChI is InChI=1S/C2H2O4.Cr.6H2O/c3-1(4)2(5)6;;;;;;;/h(H,3,4)(H,5,6);;6*1H2. The Morgan fingerprint density at radius 2 is 0.692 bits per heavy atom. The van der Waals surface area contributed by atoms with Crippen LogP contribution in [0.15, 0.2) is 0 Å². The van der Waals surface area contributed by atoms with Gasteiger partial charge in [0.2, 0.25) is 0 Å². The van der Waals surface area contributed by atoms with Crippen molar-refractivity contribution in [1.82, 2.24) is 0 Å². The Morgan fingerprint density at radius 3 is 0.692 bits per heavy atom. The second-order valence-corrected chi connectivity index (χ2v) is 0.610. The van der Waals surface area contributed by atoms with Gasteiger partial charge in [0, 0.05) is 17.4 Å². The Labute approximate surface area is 82.8 Å². The molecule has 0 unspecified atom stereocenters. The summed E-state index contributed by atoms with van der Waals surface area (Å²) in [4.78, 5) is 18.2. The molecule has 0 heterocycles. The molecule has 0 saturated heterocycles. The van der Waals surface area contributed by atoms with E-state index in [-0.39, 0.29) is 50.2 Å². The third-order valence-electron chi connectivity index (χ3n) is 0.183. The first kappa shape index (κ1) is 86.2. The van der Waals surface area contributed by atoms with Gasteiger partial charge in [0.25, 0.3) is 0 Å². The molecule has 0 aliphatic heterocycles. The number of rotatable bonds is 0. The Morgan fingerprint density at radius 1 is 0.615 bits per heavy atom. The van der Waals surface area contributed by atoms with E-state index in [9.17, 15) is 0 Å². The van der Waals surface area contributed by atoms with Crippen LogP contribution in [0.1, 0.15) is 0 Å². The second-order valence-electron chi connectivity index (χ2n) is 0.610. The Hall–Kier alpha value is -0.768. The number of carboxylic acid groups (broad SMARTS) is 2. The van der Waals surface area contributed by atoms with Crippen molar-refractivity contribution in [1.29, 1.82) is 0 Å². The van der Waals surface area contributed by atoms with Crippen molar-refractivity contribution < 1.29 is 70.0 Å². The molecule has 0 spiro atoms. The van der Waals surface area contributed by atoms with E-state index >= 15 is 0 Å². The van der Waals surface area contributed by atoms with Crippen molar-refractivity contribution >= 4 is 11.9 Å². The number of hydrogen-bond acceptors (Lipinski definition) is 2. The molecule has 0 saturated carbocycles. The molecule has 10 nitrogen and oxygen atoms in total. The van der Waals surface area contributed by atoms with E-state index in [0.29, 0.717) is 0 Å². The zero-order valence-corrected chi connectivity index (χ0v) is 7.39. The van der Waals surface area contributed by atoms with E-state index in [4.69, 9.17) is 19.8 Å². The zero-order chi connectivity index (χ0) is 5.15. The van der Waals surface area contributed by atoms with Crippen molar-refractivity contribution in [2.45, 2.75) is 0 Å². The molecule has 0 atom stereocenters. The second kappa shape index (κ2) is 43.0. The molecule has 11 heteroatoms. The topological polar surface area (TPSA) is 264 Å². The van der Waals surface area contributed by atoms with E-state index in [1.165, 1.54) is 0 Å². The van der Waals surface area contributed by atoms with Gasteiger partial charge in [-0.3, -0.25) is 0 Å². The minimum atomic E-state index is -1.82. The van der Waals surface area contributed by atoms with Crippen LogP contribution < -0.4 is 0 Å². The van der Waals surface area contributed by atoms with Crippen molar-refractivity contribution in [2.24, 2.45) is 0 Å². The van der Waals surface area contributed by atoms with E-state index < -0.39 is 11.9 Å². The number of carbonyl (C=O) groups is 2. The van der Waals surface area contributed by atoms with Crippen LogP contribution in [-0.4, -0.2) is 55.0 Å². The molecule has 0 aliphatic rings. The van der Waals surface area contributed by atoms with Crippen LogP contribution in [0.3, 0.4) is 0 Å². The summed E-state index contributed by atoms with van der Waals surface area (Å²) in [5.41, 5.74) is 0. The van der Waals surface area contributed by atoms with E-state index in [1.54, 1.807) is 0 Å². The molecule has 0 aromatic carbocycles. The smallest absolute Gasteiger partial charge is 0.414 e. The first-order valence-electron chi connectivity index (χ1n) is 1.11. The van der Waals surface area contributed by atoms with Crippen LogP contribution in [0.25, 0.3) is 0 Å². The fraction of sp³-hybridized carbons (Fsp3) is 0. The molecule has 14 N–H and O–H groups in total. The third kappa shape index (κ3) is 91.6. The third-order valence-corrected chi connectivity index (χ3v) is 0.183. The van der Waals surface area contributed by atoms with E-state index in [0.717, 1.165) is 0 Å². The molecule has 0 fully saturated rings. The summed E-state index contributed by atoms with van der Waals surface area (Å²) in [6.45, 7) is 0. The van der Waals surface area contributed by atoms with Gasteiger partial charge in [0.15, 0.2) is 0 Å². The van der Waals surface area contributed by atoms with E-state index in [2.05, 4.69) is 0 Å². The average molecular weight is 250 g/mol. The van der Waals surface area contributed by atoms with Gasteiger partial charge < -0.3 is 43.1 Å². The van der Waals surface area contributed by atoms with Gasteiger partial charge in [-0.05, 0) is 0 Å². The van der Waals surface area contributed by atoms with Crippen molar-refractivity contribution in [3.05, 3.63) is 0 Å². The summed E-state index contributed by atoms with van der Waals surface area (Å²) in [5.74, 6) is -3.65. The van der Waals surface area contributed by atoms with Gasteiger partial charge in [-0.1, -0.05) is 0 Å². The molecular formula is C2H14CrO10. The van der Waals surface area contributed by atoms with Gasteiger partial charge in [-0.25, -0.2) is 9.59 Å². The maximum atomic E-state index is 9.10. The monoisotopic (exact) mass is 250 g/mol. The van der Waals surface area contributed by atoms with Gasteiger partial charge in [0.1, 0.15) is 0 Å². The number of carboxylic acids is 2. The predicted molar refractivity (Wildman–Crippen MR) is 37.0 cm³/mol. The number of aliphatic carboxylic acids is 2. The summed E-state index contributed by atoms with van der Waals surface area (Å²) in [6.07, 6.45) is 0. The summed E-state index contributed by atoms with van der Waals surface area (Å²) < 4.78 is 0. The Bertz CT molecular complexity index is 78.9. The fourth-order valence-electron chi connectivity index (χ4n) is 0. The molecule has 0 aliphatic carbocycles. The Kier molecular flexibility index (Phi) is 285. The molecule has 0 radical (unpaired) electrons. The molecule has 13 heavy (non-hydrogen) atoms. The zero-order valence-electron chi connectivity index (χ0n) is 6.12. The minimum absolute atomic E-state index is 0. The molecular weight excluding hydrogens is 236 g/mol. The maximum absolute atomic E-state index is 9.10. The average Bonchev–Trinajstić information content (AvgIpc) is 1.36. The van der Waals surface area contributed by atoms with Crippen LogP contribution in [0.5, 0.6) is 0 Å². The maximum Gasteiger partial charge on any atom is 0.414 e. The summed E-state index contributed by atoms with van der Waals surface area (Å²) in [5, 5.41) is 14.8. The predicted octanol–water partition coefficient (Wildman–Crippen LogP) is -5.80. The van der Waals surface area contributed by atoms with Crippen molar-refractivity contribution in [3.63, 3.8) is 0 Å².